The van der Waals surface area contributed by atoms with Crippen molar-refractivity contribution in [1.29, 1.82) is 0 Å². The van der Waals surface area contributed by atoms with E-state index in [0.29, 0.717) is 10.6 Å². The first-order valence-electron chi connectivity index (χ1n) is 8.06. The predicted molar refractivity (Wildman–Crippen MR) is 98.4 cm³/mol. The number of anilines is 1. The van der Waals surface area contributed by atoms with Crippen molar-refractivity contribution in [3.8, 4) is 0 Å². The largest absolute Gasteiger partial charge is 0.480 e. The molecule has 0 aliphatic carbocycles. The summed E-state index contributed by atoms with van der Waals surface area (Å²) in [5, 5.41) is 13.7. The van der Waals surface area contributed by atoms with Crippen LogP contribution in [-0.4, -0.2) is 26.5 Å². The Morgan fingerprint density at radius 1 is 1.32 bits per heavy atom. The molecule has 0 saturated heterocycles. The van der Waals surface area contributed by atoms with Crippen LogP contribution in [0.5, 0.6) is 0 Å². The van der Waals surface area contributed by atoms with Gasteiger partial charge in [0.05, 0.1) is 10.7 Å². The zero-order valence-corrected chi connectivity index (χ0v) is 14.9. The Labute approximate surface area is 149 Å². The zero-order valence-electron chi connectivity index (χ0n) is 14.1. The Morgan fingerprint density at radius 2 is 2.12 bits per heavy atom. The van der Waals surface area contributed by atoms with Crippen molar-refractivity contribution in [3.63, 3.8) is 0 Å². The standard InChI is InChI=1S/C18H19N3O3S/c1-3-4-15-19-11(2)17(25-15)18(24)20-13-5-6-14-12(9-13)7-8-21(14)10-16(22)23/h5-9H,3-4,10H2,1-2H3,(H,20,24)(H,22,23). The molecule has 0 bridgehead atoms. The Hall–Kier alpha value is -2.67. The SMILES string of the molecule is CCCc1nc(C)c(C(=O)Nc2ccc3c(ccn3CC(=O)O)c2)s1. The Morgan fingerprint density at radius 3 is 2.84 bits per heavy atom. The summed E-state index contributed by atoms with van der Waals surface area (Å²) < 4.78 is 1.66. The number of carbonyl (C=O) groups is 2. The third-order valence-electron chi connectivity index (χ3n) is 3.85. The van der Waals surface area contributed by atoms with E-state index in [9.17, 15) is 9.59 Å². The first-order chi connectivity index (χ1) is 12.0. The number of nitrogens with zero attached hydrogens (tertiary/aromatic N) is 2. The number of thiazole rings is 1. The summed E-state index contributed by atoms with van der Waals surface area (Å²) in [5.74, 6) is -1.06. The topological polar surface area (TPSA) is 84.2 Å². The molecule has 0 unspecified atom stereocenters. The first kappa shape index (κ1) is 17.2. The normalized spacial score (nSPS) is 11.0. The fourth-order valence-corrected chi connectivity index (χ4v) is 3.79. The fourth-order valence-electron chi connectivity index (χ4n) is 2.73. The van der Waals surface area contributed by atoms with E-state index in [1.54, 1.807) is 16.8 Å². The lowest BCUT2D eigenvalue weighted by Crippen LogP contribution is -2.11. The van der Waals surface area contributed by atoms with Gasteiger partial charge in [0.1, 0.15) is 11.4 Å². The van der Waals surface area contributed by atoms with E-state index in [2.05, 4.69) is 17.2 Å². The van der Waals surface area contributed by atoms with Gasteiger partial charge in [-0.3, -0.25) is 9.59 Å². The first-order valence-corrected chi connectivity index (χ1v) is 8.88. The van der Waals surface area contributed by atoms with E-state index in [1.165, 1.54) is 11.3 Å². The number of nitrogens with one attached hydrogen (secondary N) is 1. The number of aryl methyl sites for hydroxylation is 2. The highest BCUT2D eigenvalue weighted by Gasteiger charge is 2.15. The predicted octanol–water partition coefficient (Wildman–Crippen LogP) is 3.70. The molecule has 0 spiro atoms. The molecule has 2 N–H and O–H groups in total. The van der Waals surface area contributed by atoms with Crippen molar-refractivity contribution in [3.05, 3.63) is 46.0 Å². The molecular formula is C18H19N3O3S. The van der Waals surface area contributed by atoms with Crippen LogP contribution in [0.15, 0.2) is 30.5 Å². The molecule has 2 heterocycles. The molecule has 25 heavy (non-hydrogen) atoms. The van der Waals surface area contributed by atoms with Gasteiger partial charge in [-0.2, -0.15) is 0 Å². The maximum atomic E-state index is 12.5. The molecule has 0 saturated carbocycles. The molecule has 0 aliphatic heterocycles. The number of carbonyl (C=O) groups excluding carboxylic acids is 1. The van der Waals surface area contributed by atoms with Gasteiger partial charge in [-0.25, -0.2) is 4.98 Å². The van der Waals surface area contributed by atoms with Crippen molar-refractivity contribution in [2.24, 2.45) is 0 Å². The number of rotatable bonds is 6. The minimum absolute atomic E-state index is 0.0878. The van der Waals surface area contributed by atoms with Gasteiger partial charge in [0.25, 0.3) is 5.91 Å². The molecule has 0 aliphatic rings. The van der Waals surface area contributed by atoms with Crippen LogP contribution in [0.2, 0.25) is 0 Å². The molecule has 1 aromatic carbocycles. The van der Waals surface area contributed by atoms with Crippen LogP contribution in [0.4, 0.5) is 5.69 Å². The molecule has 0 fully saturated rings. The summed E-state index contributed by atoms with van der Waals surface area (Å²) in [5.41, 5.74) is 2.25. The van der Waals surface area contributed by atoms with E-state index in [-0.39, 0.29) is 12.5 Å². The lowest BCUT2D eigenvalue weighted by atomic mass is 10.2. The number of amides is 1. The van der Waals surface area contributed by atoms with E-state index < -0.39 is 5.97 Å². The summed E-state index contributed by atoms with van der Waals surface area (Å²) in [6.45, 7) is 3.84. The smallest absolute Gasteiger partial charge is 0.323 e. The lowest BCUT2D eigenvalue weighted by molar-refractivity contribution is -0.137. The fraction of sp³-hybridized carbons (Fsp3) is 0.278. The van der Waals surface area contributed by atoms with Crippen LogP contribution in [0.25, 0.3) is 10.9 Å². The van der Waals surface area contributed by atoms with Crippen LogP contribution in [0.3, 0.4) is 0 Å². The molecule has 6 nitrogen and oxygen atoms in total. The van der Waals surface area contributed by atoms with Crippen molar-refractivity contribution >= 4 is 39.8 Å². The second-order valence-corrected chi connectivity index (χ2v) is 6.92. The van der Waals surface area contributed by atoms with E-state index >= 15 is 0 Å². The van der Waals surface area contributed by atoms with Crippen LogP contribution >= 0.6 is 11.3 Å². The van der Waals surface area contributed by atoms with Gasteiger partial charge in [-0.15, -0.1) is 11.3 Å². The van der Waals surface area contributed by atoms with Crippen molar-refractivity contribution in [1.82, 2.24) is 9.55 Å². The molecular weight excluding hydrogens is 338 g/mol. The van der Waals surface area contributed by atoms with Crippen LogP contribution in [0, 0.1) is 6.92 Å². The number of hydrogen-bond acceptors (Lipinski definition) is 4. The maximum Gasteiger partial charge on any atom is 0.323 e. The molecule has 0 radical (unpaired) electrons. The highest BCUT2D eigenvalue weighted by atomic mass is 32.1. The molecule has 3 aromatic rings. The molecule has 0 atom stereocenters. The Bertz CT molecular complexity index is 942. The molecule has 130 valence electrons. The van der Waals surface area contributed by atoms with Crippen molar-refractivity contribution in [2.45, 2.75) is 33.2 Å². The Balaban J connectivity index is 1.80. The monoisotopic (exact) mass is 357 g/mol. The van der Waals surface area contributed by atoms with Crippen LogP contribution in [-0.2, 0) is 17.8 Å². The zero-order chi connectivity index (χ0) is 18.0. The number of fused-ring (bicyclic) bond motifs is 1. The number of hydrogen-bond donors (Lipinski definition) is 2. The van der Waals surface area contributed by atoms with Gasteiger partial charge in [0.2, 0.25) is 0 Å². The van der Waals surface area contributed by atoms with Crippen molar-refractivity contribution < 1.29 is 14.7 Å². The average Bonchev–Trinajstić information content (AvgIpc) is 3.11. The van der Waals surface area contributed by atoms with Crippen LogP contribution in [0.1, 0.15) is 33.7 Å². The minimum atomic E-state index is -0.890. The molecule has 2 aromatic heterocycles. The van der Waals surface area contributed by atoms with Gasteiger partial charge in [-0.05, 0) is 44.0 Å². The van der Waals surface area contributed by atoms with Gasteiger partial charge < -0.3 is 15.0 Å². The van der Waals surface area contributed by atoms with Crippen molar-refractivity contribution in [2.75, 3.05) is 5.32 Å². The quantitative estimate of drug-likeness (QED) is 0.704. The van der Waals surface area contributed by atoms with E-state index in [1.807, 2.05) is 25.1 Å². The average molecular weight is 357 g/mol. The highest BCUT2D eigenvalue weighted by Crippen LogP contribution is 2.24. The third-order valence-corrected chi connectivity index (χ3v) is 5.06. The summed E-state index contributed by atoms with van der Waals surface area (Å²) in [7, 11) is 0. The highest BCUT2D eigenvalue weighted by molar-refractivity contribution is 7.13. The lowest BCUT2D eigenvalue weighted by Gasteiger charge is -2.06. The van der Waals surface area contributed by atoms with Gasteiger partial charge in [-0.1, -0.05) is 6.92 Å². The van der Waals surface area contributed by atoms with E-state index in [0.717, 1.165) is 34.4 Å². The number of benzene rings is 1. The summed E-state index contributed by atoms with van der Waals surface area (Å²) in [6, 6.07) is 7.28. The summed E-state index contributed by atoms with van der Waals surface area (Å²) >= 11 is 1.43. The number of aromatic nitrogens is 2. The Kier molecular flexibility index (Phi) is 4.85. The minimum Gasteiger partial charge on any atom is -0.480 e. The van der Waals surface area contributed by atoms with E-state index in [4.69, 9.17) is 5.11 Å². The summed E-state index contributed by atoms with van der Waals surface area (Å²) in [4.78, 5) is 28.5. The molecule has 1 amide bonds. The van der Waals surface area contributed by atoms with Crippen LogP contribution < -0.4 is 5.32 Å². The second-order valence-electron chi connectivity index (χ2n) is 5.84. The molecule has 7 heteroatoms. The number of aliphatic carboxylic acids is 1. The van der Waals surface area contributed by atoms with Gasteiger partial charge in [0, 0.05) is 22.8 Å². The van der Waals surface area contributed by atoms with Gasteiger partial charge >= 0.3 is 5.97 Å². The molecule has 3 rings (SSSR count). The maximum absolute atomic E-state index is 12.5. The van der Waals surface area contributed by atoms with Gasteiger partial charge in [0.15, 0.2) is 0 Å². The number of carboxylic acids is 1. The third kappa shape index (κ3) is 3.71. The number of carboxylic acid groups (broad SMARTS) is 1. The second kappa shape index (κ2) is 7.06. The summed E-state index contributed by atoms with van der Waals surface area (Å²) in [6.07, 6.45) is 3.61.